The average molecular weight is 242 g/mol. The highest BCUT2D eigenvalue weighted by Crippen LogP contribution is 2.27. The molecule has 0 heterocycles. The Morgan fingerprint density at radius 2 is 2.31 bits per heavy atom. The van der Waals surface area contributed by atoms with Gasteiger partial charge >= 0.3 is 0 Å². The Balaban J connectivity index is 3.12. The van der Waals surface area contributed by atoms with Gasteiger partial charge in [-0.15, -0.1) is 6.58 Å². The summed E-state index contributed by atoms with van der Waals surface area (Å²) in [5, 5.41) is 0. The topological polar surface area (TPSA) is 35.2 Å². The molecule has 1 aromatic carbocycles. The molecule has 1 aromatic rings. The summed E-state index contributed by atoms with van der Waals surface area (Å²) < 4.78 is 6.17. The highest BCUT2D eigenvalue weighted by molar-refractivity contribution is 9.10. The van der Waals surface area contributed by atoms with Crippen molar-refractivity contribution in [2.75, 3.05) is 7.11 Å². The van der Waals surface area contributed by atoms with Crippen LogP contribution in [0.5, 0.6) is 5.75 Å². The average Bonchev–Trinajstić information content (AvgIpc) is 2.16. The van der Waals surface area contributed by atoms with Crippen LogP contribution >= 0.6 is 15.9 Å². The van der Waals surface area contributed by atoms with Crippen molar-refractivity contribution in [1.29, 1.82) is 0 Å². The van der Waals surface area contributed by atoms with Crippen LogP contribution in [-0.2, 0) is 0 Å². The van der Waals surface area contributed by atoms with Gasteiger partial charge in [-0.1, -0.05) is 28.1 Å². The first kappa shape index (κ1) is 10.3. The second-order valence-electron chi connectivity index (χ2n) is 2.65. The van der Waals surface area contributed by atoms with Crippen LogP contribution in [0.15, 0.2) is 35.3 Å². The summed E-state index contributed by atoms with van der Waals surface area (Å²) >= 11 is 3.36. The van der Waals surface area contributed by atoms with Crippen molar-refractivity contribution in [1.82, 2.24) is 0 Å². The number of methoxy groups -OCH3 is 1. The summed E-state index contributed by atoms with van der Waals surface area (Å²) in [6.45, 7) is 3.64. The first-order valence-corrected chi connectivity index (χ1v) is 4.70. The maximum Gasteiger partial charge on any atom is 0.125 e. The maximum atomic E-state index is 5.81. The molecule has 0 spiro atoms. The lowest BCUT2D eigenvalue weighted by molar-refractivity contribution is 0.408. The summed E-state index contributed by atoms with van der Waals surface area (Å²) in [6.07, 6.45) is 1.69. The standard InChI is InChI=1S/C10H12BrNO/c1-3-9(12)8-5-4-7(11)6-10(8)13-2/h3-6,9H,1,12H2,2H3/t9-/m0/s1. The van der Waals surface area contributed by atoms with Gasteiger partial charge in [-0.25, -0.2) is 0 Å². The molecular formula is C10H12BrNO. The predicted molar refractivity (Wildman–Crippen MR) is 57.8 cm³/mol. The second-order valence-corrected chi connectivity index (χ2v) is 3.56. The molecule has 3 heteroatoms. The molecule has 0 aliphatic heterocycles. The van der Waals surface area contributed by atoms with Crippen LogP contribution in [0.3, 0.4) is 0 Å². The van der Waals surface area contributed by atoms with Gasteiger partial charge < -0.3 is 10.5 Å². The summed E-state index contributed by atoms with van der Waals surface area (Å²) in [5.41, 5.74) is 6.75. The molecule has 0 amide bonds. The Bertz CT molecular complexity index is 312. The third-order valence-corrected chi connectivity index (χ3v) is 2.30. The fourth-order valence-corrected chi connectivity index (χ4v) is 1.43. The van der Waals surface area contributed by atoms with Crippen molar-refractivity contribution in [3.8, 4) is 5.75 Å². The lowest BCUT2D eigenvalue weighted by Crippen LogP contribution is -2.08. The van der Waals surface area contributed by atoms with Crippen molar-refractivity contribution >= 4 is 15.9 Å². The van der Waals surface area contributed by atoms with E-state index in [0.717, 1.165) is 15.8 Å². The molecule has 1 atom stereocenters. The minimum absolute atomic E-state index is 0.178. The van der Waals surface area contributed by atoms with Crippen LogP contribution in [0, 0.1) is 0 Å². The van der Waals surface area contributed by atoms with E-state index in [0.29, 0.717) is 0 Å². The molecule has 0 aromatic heterocycles. The van der Waals surface area contributed by atoms with Gasteiger partial charge in [0.15, 0.2) is 0 Å². The second kappa shape index (κ2) is 4.44. The fourth-order valence-electron chi connectivity index (χ4n) is 1.09. The number of ether oxygens (including phenoxy) is 1. The molecule has 2 nitrogen and oxygen atoms in total. The molecule has 0 bridgehead atoms. The molecule has 2 N–H and O–H groups in total. The van der Waals surface area contributed by atoms with E-state index in [9.17, 15) is 0 Å². The van der Waals surface area contributed by atoms with Gasteiger partial charge in [0.25, 0.3) is 0 Å². The molecule has 0 aliphatic carbocycles. The molecule has 0 aliphatic rings. The molecular weight excluding hydrogens is 230 g/mol. The van der Waals surface area contributed by atoms with Crippen molar-refractivity contribution in [2.24, 2.45) is 5.73 Å². The number of rotatable bonds is 3. The van der Waals surface area contributed by atoms with E-state index < -0.39 is 0 Å². The lowest BCUT2D eigenvalue weighted by atomic mass is 10.1. The number of hydrogen-bond acceptors (Lipinski definition) is 2. The van der Waals surface area contributed by atoms with Gasteiger partial charge in [-0.2, -0.15) is 0 Å². The third-order valence-electron chi connectivity index (χ3n) is 1.81. The van der Waals surface area contributed by atoms with Gasteiger partial charge in [-0.3, -0.25) is 0 Å². The number of hydrogen-bond donors (Lipinski definition) is 1. The van der Waals surface area contributed by atoms with Gasteiger partial charge in [-0.05, 0) is 12.1 Å². The van der Waals surface area contributed by atoms with Crippen LogP contribution in [0.2, 0.25) is 0 Å². The SMILES string of the molecule is C=C[C@H](N)c1ccc(Br)cc1OC. The molecule has 70 valence electrons. The molecule has 13 heavy (non-hydrogen) atoms. The Hall–Kier alpha value is -0.800. The quantitative estimate of drug-likeness (QED) is 0.827. The van der Waals surface area contributed by atoms with E-state index in [2.05, 4.69) is 22.5 Å². The van der Waals surface area contributed by atoms with Crippen LogP contribution < -0.4 is 10.5 Å². The van der Waals surface area contributed by atoms with E-state index in [1.165, 1.54) is 0 Å². The van der Waals surface area contributed by atoms with Crippen molar-refractivity contribution in [2.45, 2.75) is 6.04 Å². The van der Waals surface area contributed by atoms with Crippen LogP contribution in [0.4, 0.5) is 0 Å². The highest BCUT2D eigenvalue weighted by atomic mass is 79.9. The molecule has 0 saturated carbocycles. The van der Waals surface area contributed by atoms with Gasteiger partial charge in [0.1, 0.15) is 5.75 Å². The minimum atomic E-state index is -0.178. The Morgan fingerprint density at radius 3 is 2.85 bits per heavy atom. The smallest absolute Gasteiger partial charge is 0.125 e. The lowest BCUT2D eigenvalue weighted by Gasteiger charge is -2.12. The van der Waals surface area contributed by atoms with Crippen LogP contribution in [0.25, 0.3) is 0 Å². The number of nitrogens with two attached hydrogens (primary N) is 1. The molecule has 1 rings (SSSR count). The zero-order valence-corrected chi connectivity index (χ0v) is 9.04. The largest absolute Gasteiger partial charge is 0.496 e. The third kappa shape index (κ3) is 2.32. The summed E-state index contributed by atoms with van der Waals surface area (Å²) in [6, 6.07) is 5.57. The van der Waals surface area contributed by atoms with E-state index in [-0.39, 0.29) is 6.04 Å². The van der Waals surface area contributed by atoms with Gasteiger partial charge in [0.05, 0.1) is 13.2 Å². The van der Waals surface area contributed by atoms with Crippen molar-refractivity contribution in [3.05, 3.63) is 40.9 Å². The summed E-state index contributed by atoms with van der Waals surface area (Å²) in [7, 11) is 1.63. The Kier molecular flexibility index (Phi) is 3.51. The van der Waals surface area contributed by atoms with E-state index in [1.54, 1.807) is 13.2 Å². The van der Waals surface area contributed by atoms with Gasteiger partial charge in [0.2, 0.25) is 0 Å². The monoisotopic (exact) mass is 241 g/mol. The van der Waals surface area contributed by atoms with E-state index in [4.69, 9.17) is 10.5 Å². The first-order chi connectivity index (χ1) is 6.19. The highest BCUT2D eigenvalue weighted by Gasteiger charge is 2.08. The predicted octanol–water partition coefficient (Wildman–Crippen LogP) is 2.64. The van der Waals surface area contributed by atoms with Crippen LogP contribution in [0.1, 0.15) is 11.6 Å². The summed E-state index contributed by atoms with van der Waals surface area (Å²) in [4.78, 5) is 0. The number of halogens is 1. The molecule has 0 saturated heterocycles. The fraction of sp³-hybridized carbons (Fsp3) is 0.200. The van der Waals surface area contributed by atoms with Crippen LogP contribution in [-0.4, -0.2) is 7.11 Å². The van der Waals surface area contributed by atoms with E-state index in [1.807, 2.05) is 18.2 Å². The molecule has 0 fully saturated rings. The summed E-state index contributed by atoms with van der Waals surface area (Å²) in [5.74, 6) is 0.779. The normalized spacial score (nSPS) is 12.2. The zero-order chi connectivity index (χ0) is 9.84. The Labute approximate surface area is 86.5 Å². The Morgan fingerprint density at radius 1 is 1.62 bits per heavy atom. The van der Waals surface area contributed by atoms with E-state index >= 15 is 0 Å². The van der Waals surface area contributed by atoms with Gasteiger partial charge in [0, 0.05) is 10.0 Å². The molecule has 0 unspecified atom stereocenters. The maximum absolute atomic E-state index is 5.81. The van der Waals surface area contributed by atoms with Crippen molar-refractivity contribution in [3.63, 3.8) is 0 Å². The zero-order valence-electron chi connectivity index (χ0n) is 7.46. The number of benzene rings is 1. The first-order valence-electron chi connectivity index (χ1n) is 3.90. The minimum Gasteiger partial charge on any atom is -0.496 e. The van der Waals surface area contributed by atoms with Crippen molar-refractivity contribution < 1.29 is 4.74 Å². The molecule has 0 radical (unpaired) electrons.